The minimum absolute atomic E-state index is 0.833. The molecule has 0 aliphatic heterocycles. The van der Waals surface area contributed by atoms with E-state index in [9.17, 15) is 9.18 Å². The van der Waals surface area contributed by atoms with Crippen LogP contribution in [0, 0.1) is 0 Å². The Labute approximate surface area is 66.9 Å². The standard InChI is InChI=1S/C3H3FN2O2.C2H4O2/c4-1-2(6-5)3(7)8;1-2(3)4/h1H2,(H,7,8);1H3,(H,3,4). The van der Waals surface area contributed by atoms with Crippen LogP contribution in [0.2, 0.25) is 0 Å². The molecule has 0 saturated carbocycles. The van der Waals surface area contributed by atoms with Crippen LogP contribution in [0.15, 0.2) is 0 Å². The summed E-state index contributed by atoms with van der Waals surface area (Å²) in [5.74, 6) is -2.38. The van der Waals surface area contributed by atoms with Crippen LogP contribution in [0.3, 0.4) is 0 Å². The van der Waals surface area contributed by atoms with Gasteiger partial charge in [-0.2, -0.15) is 4.79 Å². The smallest absolute Gasteiger partial charge is 0.417 e. The van der Waals surface area contributed by atoms with Crippen LogP contribution in [0.4, 0.5) is 4.39 Å². The molecule has 0 heterocycles. The summed E-state index contributed by atoms with van der Waals surface area (Å²) in [7, 11) is 0. The van der Waals surface area contributed by atoms with Crippen LogP contribution in [0.1, 0.15) is 6.92 Å². The van der Waals surface area contributed by atoms with Crippen LogP contribution in [-0.4, -0.2) is 39.3 Å². The van der Waals surface area contributed by atoms with Crippen molar-refractivity contribution in [3.8, 4) is 0 Å². The maximum atomic E-state index is 11.2. The second-order valence-corrected chi connectivity index (χ2v) is 1.50. The molecule has 0 amide bonds. The van der Waals surface area contributed by atoms with E-state index in [0.717, 1.165) is 6.92 Å². The Kier molecular flexibility index (Phi) is 7.90. The van der Waals surface area contributed by atoms with E-state index in [1.165, 1.54) is 0 Å². The zero-order chi connectivity index (χ0) is 10.1. The molecule has 68 valence electrons. The minimum Gasteiger partial charge on any atom is -0.481 e. The Morgan fingerprint density at radius 3 is 1.83 bits per heavy atom. The number of alkyl halides is 1. The number of rotatable bonds is 2. The Morgan fingerprint density at radius 2 is 1.83 bits per heavy atom. The lowest BCUT2D eigenvalue weighted by atomic mass is 10.4. The summed E-state index contributed by atoms with van der Waals surface area (Å²) in [6, 6.07) is 0. The van der Waals surface area contributed by atoms with Crippen LogP contribution in [0.25, 0.3) is 5.53 Å². The lowest BCUT2D eigenvalue weighted by molar-refractivity contribution is -0.135. The highest BCUT2D eigenvalue weighted by Gasteiger charge is 2.16. The highest BCUT2D eigenvalue weighted by molar-refractivity contribution is 6.33. The summed E-state index contributed by atoms with van der Waals surface area (Å²) in [5, 5.41) is 15.3. The molecular formula is C5H7FN2O4. The SMILES string of the molecule is CC(=O)O.[N-]=[N+]=C(CF)C(=O)O. The molecule has 0 fully saturated rings. The van der Waals surface area contributed by atoms with E-state index in [0.29, 0.717) is 0 Å². The van der Waals surface area contributed by atoms with Crippen molar-refractivity contribution in [3.63, 3.8) is 0 Å². The van der Waals surface area contributed by atoms with Crippen LogP contribution in [-0.2, 0) is 9.59 Å². The van der Waals surface area contributed by atoms with Crippen molar-refractivity contribution in [1.82, 2.24) is 0 Å². The zero-order valence-corrected chi connectivity index (χ0v) is 6.19. The number of carbonyl (C=O) groups is 2. The van der Waals surface area contributed by atoms with E-state index in [1.807, 2.05) is 0 Å². The summed E-state index contributed by atoms with van der Waals surface area (Å²) in [5.41, 5.74) is 6.78. The van der Waals surface area contributed by atoms with Gasteiger partial charge in [0, 0.05) is 6.92 Å². The molecule has 0 aromatic carbocycles. The summed E-state index contributed by atoms with van der Waals surface area (Å²) >= 11 is 0. The molecule has 0 unspecified atom stereocenters. The molecule has 12 heavy (non-hydrogen) atoms. The number of hydrogen-bond acceptors (Lipinski definition) is 2. The van der Waals surface area contributed by atoms with Gasteiger partial charge in [-0.25, -0.2) is 9.18 Å². The number of carboxylic acid groups (broad SMARTS) is 2. The third-order valence-electron chi connectivity index (χ3n) is 0.494. The van der Waals surface area contributed by atoms with Gasteiger partial charge < -0.3 is 15.7 Å². The van der Waals surface area contributed by atoms with E-state index >= 15 is 0 Å². The molecule has 2 N–H and O–H groups in total. The highest BCUT2D eigenvalue weighted by Crippen LogP contribution is 1.72. The molecule has 0 aromatic rings. The molecule has 0 saturated heterocycles. The molecular weight excluding hydrogens is 171 g/mol. The lowest BCUT2D eigenvalue weighted by Crippen LogP contribution is -2.15. The van der Waals surface area contributed by atoms with Gasteiger partial charge >= 0.3 is 11.7 Å². The summed E-state index contributed by atoms with van der Waals surface area (Å²) in [6.07, 6.45) is 0. The summed E-state index contributed by atoms with van der Waals surface area (Å²) < 4.78 is 11.2. The van der Waals surface area contributed by atoms with Crippen molar-refractivity contribution in [2.75, 3.05) is 6.67 Å². The first-order chi connectivity index (χ1) is 5.45. The first-order valence-electron chi connectivity index (χ1n) is 2.65. The average molecular weight is 178 g/mol. The molecule has 7 heteroatoms. The van der Waals surface area contributed by atoms with Crippen LogP contribution < -0.4 is 0 Å². The second kappa shape index (κ2) is 7.36. The minimum atomic E-state index is -1.55. The summed E-state index contributed by atoms with van der Waals surface area (Å²) in [6.45, 7) is -0.175. The van der Waals surface area contributed by atoms with Crippen molar-refractivity contribution in [3.05, 3.63) is 5.53 Å². The quantitative estimate of drug-likeness (QED) is 0.346. The molecule has 0 aliphatic rings. The fourth-order valence-corrected chi connectivity index (χ4v) is 0.127. The van der Waals surface area contributed by atoms with Gasteiger partial charge in [0.1, 0.15) is 0 Å². The Bertz CT molecular complexity index is 217. The first-order valence-corrected chi connectivity index (χ1v) is 2.65. The molecule has 0 radical (unpaired) electrons. The predicted octanol–water partition coefficient (Wildman–Crippen LogP) is -0.198. The normalized spacial score (nSPS) is 7.17. The van der Waals surface area contributed by atoms with Gasteiger partial charge in [-0.15, -0.1) is 0 Å². The van der Waals surface area contributed by atoms with E-state index < -0.39 is 24.3 Å². The third kappa shape index (κ3) is 11.1. The van der Waals surface area contributed by atoms with Gasteiger partial charge in [0.15, 0.2) is 6.67 Å². The maximum absolute atomic E-state index is 11.2. The lowest BCUT2D eigenvalue weighted by Gasteiger charge is -1.74. The Balaban J connectivity index is 0. The van der Waals surface area contributed by atoms with E-state index in [2.05, 4.69) is 4.79 Å². The number of aliphatic carboxylic acids is 2. The predicted molar refractivity (Wildman–Crippen MR) is 35.5 cm³/mol. The van der Waals surface area contributed by atoms with Crippen molar-refractivity contribution >= 4 is 17.7 Å². The van der Waals surface area contributed by atoms with E-state index in [1.54, 1.807) is 0 Å². The highest BCUT2D eigenvalue weighted by atomic mass is 19.1. The summed E-state index contributed by atoms with van der Waals surface area (Å²) in [4.78, 5) is 20.8. The number of halogens is 1. The topological polar surface area (TPSA) is 111 Å². The fourth-order valence-electron chi connectivity index (χ4n) is 0.127. The largest absolute Gasteiger partial charge is 0.481 e. The van der Waals surface area contributed by atoms with Gasteiger partial charge in [0.2, 0.25) is 0 Å². The Morgan fingerprint density at radius 1 is 1.50 bits per heavy atom. The van der Waals surface area contributed by atoms with Gasteiger partial charge in [-0.3, -0.25) is 4.79 Å². The van der Waals surface area contributed by atoms with Gasteiger partial charge in [0.25, 0.3) is 5.97 Å². The molecule has 0 spiro atoms. The Hall–Kier alpha value is -1.75. The van der Waals surface area contributed by atoms with Crippen molar-refractivity contribution in [1.29, 1.82) is 0 Å². The molecule has 0 atom stereocenters. The van der Waals surface area contributed by atoms with Crippen LogP contribution in [0.5, 0.6) is 0 Å². The van der Waals surface area contributed by atoms with Crippen molar-refractivity contribution in [2.45, 2.75) is 6.92 Å². The van der Waals surface area contributed by atoms with Crippen LogP contribution >= 0.6 is 0 Å². The van der Waals surface area contributed by atoms with E-state index in [4.69, 9.17) is 20.5 Å². The monoisotopic (exact) mass is 178 g/mol. The third-order valence-corrected chi connectivity index (χ3v) is 0.494. The van der Waals surface area contributed by atoms with E-state index in [-0.39, 0.29) is 0 Å². The molecule has 0 rings (SSSR count). The molecule has 0 aromatic heterocycles. The average Bonchev–Trinajstić information content (AvgIpc) is 1.87. The fraction of sp³-hybridized carbons (Fsp3) is 0.400. The first kappa shape index (κ1) is 12.9. The van der Waals surface area contributed by atoms with Gasteiger partial charge in [-0.1, -0.05) is 0 Å². The second-order valence-electron chi connectivity index (χ2n) is 1.50. The van der Waals surface area contributed by atoms with Gasteiger partial charge in [-0.05, 0) is 0 Å². The molecule has 6 nitrogen and oxygen atoms in total. The van der Waals surface area contributed by atoms with Gasteiger partial charge in [0.05, 0.1) is 0 Å². The number of carboxylic acids is 2. The zero-order valence-electron chi connectivity index (χ0n) is 6.19. The number of hydrogen-bond donors (Lipinski definition) is 2. The van der Waals surface area contributed by atoms with Crippen molar-refractivity contribution in [2.24, 2.45) is 0 Å². The van der Waals surface area contributed by atoms with Crippen molar-refractivity contribution < 1.29 is 29.0 Å². The molecule has 0 bridgehead atoms. The number of nitrogens with zero attached hydrogens (tertiary/aromatic N) is 2. The maximum Gasteiger partial charge on any atom is 0.417 e. The molecule has 0 aliphatic carbocycles.